The SMILES string of the molecule is Cn1c(=O)oc2cc(S(=O)(=O)Oc3ccccc3F)ccc21. The largest absolute Gasteiger partial charge is 0.419 e. The molecule has 0 unspecified atom stereocenters. The summed E-state index contributed by atoms with van der Waals surface area (Å²) in [6.45, 7) is 0. The van der Waals surface area contributed by atoms with Crippen LogP contribution in [0.2, 0.25) is 0 Å². The maximum Gasteiger partial charge on any atom is 0.419 e. The number of fused-ring (bicyclic) bond motifs is 1. The first-order valence-corrected chi connectivity index (χ1v) is 7.58. The summed E-state index contributed by atoms with van der Waals surface area (Å²) >= 11 is 0. The molecule has 6 nitrogen and oxygen atoms in total. The normalized spacial score (nSPS) is 11.7. The maximum absolute atomic E-state index is 13.5. The average Bonchev–Trinajstić information content (AvgIpc) is 2.76. The van der Waals surface area contributed by atoms with Gasteiger partial charge >= 0.3 is 15.9 Å². The first-order valence-electron chi connectivity index (χ1n) is 6.17. The second-order valence-electron chi connectivity index (χ2n) is 4.52. The molecule has 0 fully saturated rings. The minimum atomic E-state index is -4.24. The quantitative estimate of drug-likeness (QED) is 0.689. The van der Waals surface area contributed by atoms with Crippen molar-refractivity contribution in [3.63, 3.8) is 0 Å². The highest BCUT2D eigenvalue weighted by Crippen LogP contribution is 2.23. The highest BCUT2D eigenvalue weighted by Gasteiger charge is 2.20. The Morgan fingerprint density at radius 3 is 2.64 bits per heavy atom. The van der Waals surface area contributed by atoms with Gasteiger partial charge < -0.3 is 8.60 Å². The number of benzene rings is 2. The van der Waals surface area contributed by atoms with E-state index in [1.807, 2.05) is 0 Å². The lowest BCUT2D eigenvalue weighted by atomic mass is 10.3. The number of nitrogens with zero attached hydrogens (tertiary/aromatic N) is 1. The van der Waals surface area contributed by atoms with Crippen LogP contribution < -0.4 is 9.94 Å². The summed E-state index contributed by atoms with van der Waals surface area (Å²) in [5.74, 6) is -1.81. The summed E-state index contributed by atoms with van der Waals surface area (Å²) in [7, 11) is -2.74. The van der Waals surface area contributed by atoms with E-state index in [1.165, 1.54) is 41.9 Å². The second-order valence-corrected chi connectivity index (χ2v) is 6.07. The molecule has 1 aromatic heterocycles. The van der Waals surface area contributed by atoms with Gasteiger partial charge in [-0.15, -0.1) is 0 Å². The highest BCUT2D eigenvalue weighted by molar-refractivity contribution is 7.87. The zero-order valence-corrected chi connectivity index (χ0v) is 12.1. The van der Waals surface area contributed by atoms with E-state index in [0.29, 0.717) is 5.52 Å². The number of oxazole rings is 1. The van der Waals surface area contributed by atoms with E-state index in [0.717, 1.165) is 12.1 Å². The van der Waals surface area contributed by atoms with Crippen molar-refractivity contribution in [3.05, 3.63) is 58.8 Å². The smallest absolute Gasteiger partial charge is 0.408 e. The molecule has 3 rings (SSSR count). The molecule has 0 N–H and O–H groups in total. The molecule has 0 amide bonds. The Kier molecular flexibility index (Phi) is 3.25. The van der Waals surface area contributed by atoms with Gasteiger partial charge in [0.25, 0.3) is 0 Å². The molecule has 1 heterocycles. The van der Waals surface area contributed by atoms with Crippen molar-refractivity contribution < 1.29 is 21.4 Å². The van der Waals surface area contributed by atoms with E-state index in [9.17, 15) is 17.6 Å². The van der Waals surface area contributed by atoms with Crippen molar-refractivity contribution >= 4 is 21.2 Å². The number of aryl methyl sites for hydroxylation is 1. The van der Waals surface area contributed by atoms with Gasteiger partial charge in [-0.05, 0) is 24.3 Å². The van der Waals surface area contributed by atoms with Gasteiger partial charge in [0.2, 0.25) is 0 Å². The van der Waals surface area contributed by atoms with Gasteiger partial charge in [0, 0.05) is 13.1 Å². The van der Waals surface area contributed by atoms with Crippen LogP contribution >= 0.6 is 0 Å². The molecule has 0 saturated carbocycles. The number of hydrogen-bond acceptors (Lipinski definition) is 5. The van der Waals surface area contributed by atoms with E-state index in [1.54, 1.807) is 0 Å². The molecule has 0 saturated heterocycles. The summed E-state index contributed by atoms with van der Waals surface area (Å²) in [5.41, 5.74) is 0.542. The van der Waals surface area contributed by atoms with E-state index < -0.39 is 27.4 Å². The third-order valence-corrected chi connectivity index (χ3v) is 4.32. The zero-order valence-electron chi connectivity index (χ0n) is 11.3. The Balaban J connectivity index is 2.06. The van der Waals surface area contributed by atoms with Crippen LogP contribution in [0.4, 0.5) is 4.39 Å². The van der Waals surface area contributed by atoms with E-state index in [-0.39, 0.29) is 10.5 Å². The lowest BCUT2D eigenvalue weighted by Gasteiger charge is -2.07. The molecule has 3 aromatic rings. The molecule has 0 radical (unpaired) electrons. The van der Waals surface area contributed by atoms with Gasteiger partial charge in [0.1, 0.15) is 4.90 Å². The van der Waals surface area contributed by atoms with Crippen molar-refractivity contribution in [2.24, 2.45) is 7.05 Å². The summed E-state index contributed by atoms with van der Waals surface area (Å²) in [6, 6.07) is 8.99. The minimum Gasteiger partial charge on any atom is -0.408 e. The molecular weight excluding hydrogens is 313 g/mol. The molecule has 0 atom stereocenters. The predicted octanol–water partition coefficient (Wildman–Crippen LogP) is 2.04. The molecule has 0 aliphatic rings. The highest BCUT2D eigenvalue weighted by atomic mass is 32.2. The van der Waals surface area contributed by atoms with Crippen molar-refractivity contribution in [1.82, 2.24) is 4.57 Å². The molecule has 22 heavy (non-hydrogen) atoms. The van der Waals surface area contributed by atoms with E-state index in [4.69, 9.17) is 8.60 Å². The van der Waals surface area contributed by atoms with Gasteiger partial charge in [-0.2, -0.15) is 8.42 Å². The lowest BCUT2D eigenvalue weighted by molar-refractivity contribution is 0.461. The Morgan fingerprint density at radius 2 is 1.91 bits per heavy atom. The fraction of sp³-hybridized carbons (Fsp3) is 0.0714. The van der Waals surface area contributed by atoms with Crippen LogP contribution in [0.5, 0.6) is 5.75 Å². The number of hydrogen-bond donors (Lipinski definition) is 0. The molecule has 0 aliphatic heterocycles. The Labute approximate surface area is 124 Å². The van der Waals surface area contributed by atoms with Crippen LogP contribution in [0.25, 0.3) is 11.1 Å². The second kappa shape index (κ2) is 4.99. The van der Waals surface area contributed by atoms with Gasteiger partial charge in [-0.1, -0.05) is 12.1 Å². The van der Waals surface area contributed by atoms with Crippen LogP contribution in [-0.2, 0) is 17.2 Å². The molecule has 8 heteroatoms. The third kappa shape index (κ3) is 2.37. The standard InChI is InChI=1S/C14H10FNO5S/c1-16-11-7-6-9(8-13(11)20-14(16)17)22(18,19)21-12-5-3-2-4-10(12)15/h2-8H,1H3. The van der Waals surface area contributed by atoms with Crippen molar-refractivity contribution in [3.8, 4) is 5.75 Å². The molecule has 0 bridgehead atoms. The number of rotatable bonds is 3. The van der Waals surface area contributed by atoms with Crippen molar-refractivity contribution in [2.45, 2.75) is 4.90 Å². The Morgan fingerprint density at radius 1 is 1.18 bits per heavy atom. The summed E-state index contributed by atoms with van der Waals surface area (Å²) in [4.78, 5) is 11.2. The first-order chi connectivity index (χ1) is 10.4. The summed E-state index contributed by atoms with van der Waals surface area (Å²) < 4.78 is 48.8. The van der Waals surface area contributed by atoms with Crippen LogP contribution in [-0.4, -0.2) is 13.0 Å². The fourth-order valence-corrected chi connectivity index (χ4v) is 2.90. The first kappa shape index (κ1) is 14.3. The fourth-order valence-electron chi connectivity index (χ4n) is 1.95. The molecule has 0 aliphatic carbocycles. The number of halogens is 1. The Bertz CT molecular complexity index is 1020. The van der Waals surface area contributed by atoms with Crippen LogP contribution in [0.1, 0.15) is 0 Å². The van der Waals surface area contributed by atoms with Crippen LogP contribution in [0.3, 0.4) is 0 Å². The molecular formula is C14H10FNO5S. The Hall–Kier alpha value is -2.61. The predicted molar refractivity (Wildman–Crippen MR) is 75.7 cm³/mol. The zero-order chi connectivity index (χ0) is 15.9. The topological polar surface area (TPSA) is 78.5 Å². The molecule has 114 valence electrons. The van der Waals surface area contributed by atoms with Crippen molar-refractivity contribution in [2.75, 3.05) is 0 Å². The summed E-state index contributed by atoms with van der Waals surface area (Å²) in [6.07, 6.45) is 0. The van der Waals surface area contributed by atoms with Gasteiger partial charge in [-0.25, -0.2) is 9.18 Å². The third-order valence-electron chi connectivity index (χ3n) is 3.09. The number of aromatic nitrogens is 1. The monoisotopic (exact) mass is 323 g/mol. The van der Waals surface area contributed by atoms with Crippen LogP contribution in [0.15, 0.2) is 56.6 Å². The molecule has 2 aromatic carbocycles. The minimum absolute atomic E-state index is 0.103. The van der Waals surface area contributed by atoms with Gasteiger partial charge in [-0.3, -0.25) is 4.57 Å². The van der Waals surface area contributed by atoms with Crippen LogP contribution in [0, 0.1) is 5.82 Å². The van der Waals surface area contributed by atoms with Gasteiger partial charge in [0.05, 0.1) is 5.52 Å². The molecule has 0 spiro atoms. The van der Waals surface area contributed by atoms with E-state index in [2.05, 4.69) is 0 Å². The average molecular weight is 323 g/mol. The number of para-hydroxylation sites is 1. The van der Waals surface area contributed by atoms with Gasteiger partial charge in [0.15, 0.2) is 17.1 Å². The maximum atomic E-state index is 13.5. The van der Waals surface area contributed by atoms with E-state index >= 15 is 0 Å². The lowest BCUT2D eigenvalue weighted by Crippen LogP contribution is -2.10. The van der Waals surface area contributed by atoms with Crippen molar-refractivity contribution in [1.29, 1.82) is 0 Å². The summed E-state index contributed by atoms with van der Waals surface area (Å²) in [5, 5.41) is 0.